The molecule has 1 N–H and O–H groups in total. The first-order chi connectivity index (χ1) is 11.1. The minimum atomic E-state index is -3.61. The highest BCUT2D eigenvalue weighted by Gasteiger charge is 2.13. The summed E-state index contributed by atoms with van der Waals surface area (Å²) >= 11 is 1.13. The summed E-state index contributed by atoms with van der Waals surface area (Å²) in [5.41, 5.74) is 0.694. The molecule has 0 fully saturated rings. The Kier molecular flexibility index (Phi) is 6.00. The van der Waals surface area contributed by atoms with Crippen LogP contribution < -0.4 is 14.3 Å². The SMILES string of the molecule is CCCOc1ccc(/C=N/NS(=O)(=O)c2cccs2)cc1OC. The maximum Gasteiger partial charge on any atom is 0.286 e. The largest absolute Gasteiger partial charge is 0.493 e. The molecule has 0 amide bonds. The van der Waals surface area contributed by atoms with E-state index >= 15 is 0 Å². The van der Waals surface area contributed by atoms with E-state index in [0.29, 0.717) is 23.7 Å². The lowest BCUT2D eigenvalue weighted by Gasteiger charge is -2.10. The van der Waals surface area contributed by atoms with Gasteiger partial charge in [-0.05, 0) is 41.6 Å². The average molecular weight is 354 g/mol. The lowest BCUT2D eigenvalue weighted by atomic mass is 10.2. The van der Waals surface area contributed by atoms with Crippen LogP contribution >= 0.6 is 11.3 Å². The van der Waals surface area contributed by atoms with Crippen LogP contribution in [0.4, 0.5) is 0 Å². The van der Waals surface area contributed by atoms with Crippen LogP contribution in [0.15, 0.2) is 45.0 Å². The number of rotatable bonds is 8. The third kappa shape index (κ3) is 4.70. The predicted octanol–water partition coefficient (Wildman–Crippen LogP) is 2.86. The van der Waals surface area contributed by atoms with Crippen LogP contribution in [-0.2, 0) is 10.0 Å². The van der Waals surface area contributed by atoms with E-state index < -0.39 is 10.0 Å². The highest BCUT2D eigenvalue weighted by molar-refractivity contribution is 7.91. The van der Waals surface area contributed by atoms with Crippen molar-refractivity contribution >= 4 is 27.6 Å². The van der Waals surface area contributed by atoms with Gasteiger partial charge in [-0.25, -0.2) is 0 Å². The van der Waals surface area contributed by atoms with Gasteiger partial charge in [0.25, 0.3) is 10.0 Å². The maximum absolute atomic E-state index is 11.9. The smallest absolute Gasteiger partial charge is 0.286 e. The Morgan fingerprint density at radius 3 is 2.78 bits per heavy atom. The summed E-state index contributed by atoms with van der Waals surface area (Å²) < 4.78 is 34.9. The van der Waals surface area contributed by atoms with Gasteiger partial charge < -0.3 is 9.47 Å². The first kappa shape index (κ1) is 17.3. The molecular formula is C15H18N2O4S2. The Labute approximate surface area is 139 Å². The van der Waals surface area contributed by atoms with E-state index in [1.165, 1.54) is 12.3 Å². The van der Waals surface area contributed by atoms with E-state index in [-0.39, 0.29) is 4.21 Å². The molecule has 0 unspecified atom stereocenters. The van der Waals surface area contributed by atoms with Crippen molar-refractivity contribution < 1.29 is 17.9 Å². The van der Waals surface area contributed by atoms with Gasteiger partial charge in [0.2, 0.25) is 0 Å². The minimum Gasteiger partial charge on any atom is -0.493 e. The lowest BCUT2D eigenvalue weighted by Crippen LogP contribution is -2.17. The number of thiophene rings is 1. The molecule has 0 spiro atoms. The highest BCUT2D eigenvalue weighted by Crippen LogP contribution is 2.27. The summed E-state index contributed by atoms with van der Waals surface area (Å²) in [4.78, 5) is 2.18. The number of nitrogens with zero attached hydrogens (tertiary/aromatic N) is 1. The molecule has 1 aromatic heterocycles. The number of hydrogen-bond acceptors (Lipinski definition) is 6. The van der Waals surface area contributed by atoms with Crippen LogP contribution in [0, 0.1) is 0 Å². The quantitative estimate of drug-likeness (QED) is 0.584. The second kappa shape index (κ2) is 7.98. The lowest BCUT2D eigenvalue weighted by molar-refractivity contribution is 0.294. The molecule has 124 valence electrons. The Balaban J connectivity index is 2.08. The molecule has 0 bridgehead atoms. The molecule has 0 aliphatic carbocycles. The summed E-state index contributed by atoms with van der Waals surface area (Å²) in [6, 6.07) is 8.46. The first-order valence-corrected chi connectivity index (χ1v) is 9.32. The average Bonchev–Trinajstić information content (AvgIpc) is 3.08. The van der Waals surface area contributed by atoms with E-state index in [4.69, 9.17) is 9.47 Å². The Morgan fingerprint density at radius 1 is 1.30 bits per heavy atom. The fourth-order valence-electron chi connectivity index (χ4n) is 1.73. The summed E-state index contributed by atoms with van der Waals surface area (Å²) in [5, 5.41) is 5.48. The monoisotopic (exact) mass is 354 g/mol. The van der Waals surface area contributed by atoms with E-state index in [2.05, 4.69) is 9.93 Å². The van der Waals surface area contributed by atoms with Crippen LogP contribution in [-0.4, -0.2) is 28.3 Å². The van der Waals surface area contributed by atoms with E-state index in [1.54, 1.807) is 36.8 Å². The van der Waals surface area contributed by atoms with Crippen molar-refractivity contribution in [3.63, 3.8) is 0 Å². The van der Waals surface area contributed by atoms with Crippen LogP contribution in [0.3, 0.4) is 0 Å². The maximum atomic E-state index is 11.9. The molecule has 0 aliphatic rings. The molecule has 0 saturated heterocycles. The molecule has 0 atom stereocenters. The molecule has 23 heavy (non-hydrogen) atoms. The van der Waals surface area contributed by atoms with Crippen molar-refractivity contribution in [1.29, 1.82) is 0 Å². The molecule has 6 nitrogen and oxygen atoms in total. The number of hydrogen-bond donors (Lipinski definition) is 1. The van der Waals surface area contributed by atoms with Gasteiger partial charge in [0, 0.05) is 0 Å². The molecule has 2 aromatic rings. The number of methoxy groups -OCH3 is 1. The van der Waals surface area contributed by atoms with Crippen LogP contribution in [0.2, 0.25) is 0 Å². The zero-order valence-corrected chi connectivity index (χ0v) is 14.5. The van der Waals surface area contributed by atoms with Crippen LogP contribution in [0.5, 0.6) is 11.5 Å². The first-order valence-electron chi connectivity index (χ1n) is 6.96. The summed E-state index contributed by atoms with van der Waals surface area (Å²) in [7, 11) is -2.06. The number of hydrazone groups is 1. The van der Waals surface area contributed by atoms with Gasteiger partial charge in [-0.1, -0.05) is 13.0 Å². The molecule has 0 aliphatic heterocycles. The number of nitrogens with one attached hydrogen (secondary N) is 1. The topological polar surface area (TPSA) is 77.0 Å². The van der Waals surface area contributed by atoms with Crippen LogP contribution in [0.1, 0.15) is 18.9 Å². The normalized spacial score (nSPS) is 11.6. The molecular weight excluding hydrogens is 336 g/mol. The Bertz CT molecular complexity index is 756. The van der Waals surface area contributed by atoms with Gasteiger partial charge in [-0.3, -0.25) is 0 Å². The Morgan fingerprint density at radius 2 is 2.13 bits per heavy atom. The van der Waals surface area contributed by atoms with Gasteiger partial charge in [0.05, 0.1) is 19.9 Å². The third-order valence-electron chi connectivity index (χ3n) is 2.80. The summed E-state index contributed by atoms with van der Waals surface area (Å²) in [6.45, 7) is 2.62. The molecule has 2 rings (SSSR count). The minimum absolute atomic E-state index is 0.218. The fraction of sp³-hybridized carbons (Fsp3) is 0.267. The number of benzene rings is 1. The van der Waals surface area contributed by atoms with Gasteiger partial charge >= 0.3 is 0 Å². The van der Waals surface area contributed by atoms with Crippen molar-refractivity contribution in [3.8, 4) is 11.5 Å². The van der Waals surface area contributed by atoms with E-state index in [1.807, 2.05) is 6.92 Å². The van der Waals surface area contributed by atoms with Crippen LogP contribution in [0.25, 0.3) is 0 Å². The number of sulfonamides is 1. The van der Waals surface area contributed by atoms with E-state index in [9.17, 15) is 8.42 Å². The van der Waals surface area contributed by atoms with E-state index in [0.717, 1.165) is 17.8 Å². The summed E-state index contributed by atoms with van der Waals surface area (Å²) in [6.07, 6.45) is 2.31. The Hall–Kier alpha value is -2.06. The molecule has 1 heterocycles. The molecule has 8 heteroatoms. The number of ether oxygens (including phenoxy) is 2. The van der Waals surface area contributed by atoms with Crippen molar-refractivity contribution in [1.82, 2.24) is 4.83 Å². The second-order valence-electron chi connectivity index (χ2n) is 4.54. The van der Waals surface area contributed by atoms with Crippen molar-refractivity contribution in [2.75, 3.05) is 13.7 Å². The molecule has 1 aromatic carbocycles. The van der Waals surface area contributed by atoms with Gasteiger partial charge in [-0.15, -0.1) is 11.3 Å². The summed E-state index contributed by atoms with van der Waals surface area (Å²) in [5.74, 6) is 1.22. The standard InChI is InChI=1S/C15H18N2O4S2/c1-3-8-21-13-7-6-12(10-14(13)20-2)11-16-17-23(18,19)15-5-4-9-22-15/h4-7,9-11,17H,3,8H2,1-2H3/b16-11+. The second-order valence-corrected chi connectivity index (χ2v) is 7.38. The van der Waals surface area contributed by atoms with Crippen molar-refractivity contribution in [3.05, 3.63) is 41.3 Å². The van der Waals surface area contributed by atoms with Gasteiger partial charge in [0.1, 0.15) is 4.21 Å². The highest BCUT2D eigenvalue weighted by atomic mass is 32.2. The zero-order valence-electron chi connectivity index (χ0n) is 12.9. The molecule has 0 saturated carbocycles. The third-order valence-corrected chi connectivity index (χ3v) is 5.42. The molecule has 0 radical (unpaired) electrons. The van der Waals surface area contributed by atoms with Crippen molar-refractivity contribution in [2.24, 2.45) is 5.10 Å². The fourth-order valence-corrected chi connectivity index (χ4v) is 3.50. The predicted molar refractivity (Wildman–Crippen MR) is 91.0 cm³/mol. The zero-order chi connectivity index (χ0) is 16.7. The van der Waals surface area contributed by atoms with Crippen molar-refractivity contribution in [2.45, 2.75) is 17.6 Å². The van der Waals surface area contributed by atoms with Gasteiger partial charge in [0.15, 0.2) is 11.5 Å². The van der Waals surface area contributed by atoms with Gasteiger partial charge in [-0.2, -0.15) is 18.4 Å².